The summed E-state index contributed by atoms with van der Waals surface area (Å²) < 4.78 is 26.4. The Morgan fingerprint density at radius 2 is 1.95 bits per heavy atom. The minimum absolute atomic E-state index is 0.0177. The quantitative estimate of drug-likeness (QED) is 0.929. The highest BCUT2D eigenvalue weighted by Gasteiger charge is 2.27. The first-order chi connectivity index (χ1) is 10.5. The van der Waals surface area contributed by atoms with Crippen molar-refractivity contribution in [2.45, 2.75) is 32.6 Å². The van der Waals surface area contributed by atoms with E-state index in [9.17, 15) is 18.4 Å². The van der Waals surface area contributed by atoms with E-state index in [-0.39, 0.29) is 23.4 Å². The van der Waals surface area contributed by atoms with Crippen LogP contribution in [0.1, 0.15) is 32.6 Å². The number of piperidine rings is 1. The minimum Gasteiger partial charge on any atom is -0.343 e. The van der Waals surface area contributed by atoms with Crippen LogP contribution in [0.25, 0.3) is 0 Å². The van der Waals surface area contributed by atoms with Crippen molar-refractivity contribution in [2.24, 2.45) is 5.92 Å². The summed E-state index contributed by atoms with van der Waals surface area (Å²) in [5, 5.41) is 2.49. The summed E-state index contributed by atoms with van der Waals surface area (Å²) in [5.74, 6) is -1.89. The van der Waals surface area contributed by atoms with Crippen molar-refractivity contribution in [3.05, 3.63) is 29.8 Å². The topological polar surface area (TPSA) is 49.4 Å². The highest BCUT2D eigenvalue weighted by molar-refractivity contribution is 5.92. The molecule has 2 rings (SSSR count). The molecular weight excluding hydrogens is 290 g/mol. The van der Waals surface area contributed by atoms with Gasteiger partial charge in [-0.1, -0.05) is 6.92 Å². The number of nitrogens with zero attached hydrogens (tertiary/aromatic N) is 1. The molecule has 22 heavy (non-hydrogen) atoms. The zero-order valence-corrected chi connectivity index (χ0v) is 12.6. The van der Waals surface area contributed by atoms with Crippen molar-refractivity contribution in [1.29, 1.82) is 0 Å². The minimum atomic E-state index is -0.788. The second-order valence-corrected chi connectivity index (χ2v) is 5.52. The smallest absolute Gasteiger partial charge is 0.227 e. The molecule has 0 saturated carbocycles. The fourth-order valence-electron chi connectivity index (χ4n) is 2.59. The average Bonchev–Trinajstić information content (AvgIpc) is 2.50. The molecule has 0 unspecified atom stereocenters. The highest BCUT2D eigenvalue weighted by atomic mass is 19.1. The molecule has 1 saturated heterocycles. The number of anilines is 1. The first kappa shape index (κ1) is 16.4. The van der Waals surface area contributed by atoms with Crippen LogP contribution in [0, 0.1) is 17.6 Å². The lowest BCUT2D eigenvalue weighted by Gasteiger charge is -2.31. The van der Waals surface area contributed by atoms with Crippen LogP contribution < -0.4 is 5.32 Å². The molecule has 0 aliphatic carbocycles. The Balaban J connectivity index is 1.88. The number of hydrogen-bond acceptors (Lipinski definition) is 2. The molecule has 1 N–H and O–H groups in total. The van der Waals surface area contributed by atoms with Crippen LogP contribution in [-0.2, 0) is 9.59 Å². The maximum atomic E-state index is 13.5. The van der Waals surface area contributed by atoms with Crippen molar-refractivity contribution >= 4 is 17.5 Å². The number of carbonyl (C=O) groups excluding carboxylic acids is 2. The largest absolute Gasteiger partial charge is 0.343 e. The Hall–Kier alpha value is -1.98. The van der Waals surface area contributed by atoms with Gasteiger partial charge in [-0.25, -0.2) is 8.78 Å². The summed E-state index contributed by atoms with van der Waals surface area (Å²) in [6.07, 6.45) is 2.45. The van der Waals surface area contributed by atoms with Gasteiger partial charge >= 0.3 is 0 Å². The number of halogens is 2. The zero-order chi connectivity index (χ0) is 16.1. The third kappa shape index (κ3) is 4.02. The lowest BCUT2D eigenvalue weighted by Crippen LogP contribution is -2.41. The maximum Gasteiger partial charge on any atom is 0.227 e. The molecule has 0 spiro atoms. The Labute approximate surface area is 128 Å². The summed E-state index contributed by atoms with van der Waals surface area (Å²) in [4.78, 5) is 25.7. The maximum absolute atomic E-state index is 13.5. The number of hydrogen-bond donors (Lipinski definition) is 1. The van der Waals surface area contributed by atoms with E-state index in [2.05, 4.69) is 5.32 Å². The van der Waals surface area contributed by atoms with E-state index in [0.29, 0.717) is 32.4 Å². The van der Waals surface area contributed by atoms with Crippen molar-refractivity contribution in [2.75, 3.05) is 18.4 Å². The Bertz CT molecular complexity index is 555. The number of amides is 2. The van der Waals surface area contributed by atoms with Crippen molar-refractivity contribution < 1.29 is 18.4 Å². The van der Waals surface area contributed by atoms with E-state index in [1.807, 2.05) is 6.92 Å². The molecule has 1 aliphatic rings. The van der Waals surface area contributed by atoms with Gasteiger partial charge in [0.2, 0.25) is 11.8 Å². The third-order valence-corrected chi connectivity index (χ3v) is 3.87. The number of nitrogens with one attached hydrogen (secondary N) is 1. The third-order valence-electron chi connectivity index (χ3n) is 3.87. The van der Waals surface area contributed by atoms with E-state index in [1.165, 1.54) is 6.07 Å². The van der Waals surface area contributed by atoms with Crippen LogP contribution in [0.2, 0.25) is 0 Å². The van der Waals surface area contributed by atoms with Crippen molar-refractivity contribution in [3.8, 4) is 0 Å². The number of benzene rings is 1. The molecule has 0 bridgehead atoms. The second-order valence-electron chi connectivity index (χ2n) is 5.52. The Kier molecular flexibility index (Phi) is 5.46. The molecule has 0 aromatic heterocycles. The molecule has 1 heterocycles. The second kappa shape index (κ2) is 7.33. The molecular formula is C16H20F2N2O2. The predicted molar refractivity (Wildman–Crippen MR) is 79.2 cm³/mol. The van der Waals surface area contributed by atoms with Crippen LogP contribution >= 0.6 is 0 Å². The normalized spacial score (nSPS) is 15.7. The van der Waals surface area contributed by atoms with Gasteiger partial charge < -0.3 is 10.2 Å². The zero-order valence-electron chi connectivity index (χ0n) is 12.6. The number of rotatable bonds is 4. The van der Waals surface area contributed by atoms with E-state index in [0.717, 1.165) is 18.6 Å². The molecule has 0 atom stereocenters. The Morgan fingerprint density at radius 3 is 2.55 bits per heavy atom. The molecule has 6 heteroatoms. The van der Waals surface area contributed by atoms with Crippen molar-refractivity contribution in [1.82, 2.24) is 4.90 Å². The first-order valence-corrected chi connectivity index (χ1v) is 7.55. The molecule has 1 aromatic carbocycles. The molecule has 1 fully saturated rings. The van der Waals surface area contributed by atoms with Crippen LogP contribution in [0.5, 0.6) is 0 Å². The van der Waals surface area contributed by atoms with Crippen LogP contribution in [-0.4, -0.2) is 29.8 Å². The summed E-state index contributed by atoms with van der Waals surface area (Å²) >= 11 is 0. The molecule has 1 aliphatic heterocycles. The van der Waals surface area contributed by atoms with Gasteiger partial charge in [-0.15, -0.1) is 0 Å². The summed E-state index contributed by atoms with van der Waals surface area (Å²) in [6.45, 7) is 3.04. The lowest BCUT2D eigenvalue weighted by atomic mass is 9.95. The molecule has 4 nitrogen and oxygen atoms in total. The summed E-state index contributed by atoms with van der Waals surface area (Å²) in [5.41, 5.74) is -0.0177. The van der Waals surface area contributed by atoms with Gasteiger partial charge in [-0.05, 0) is 31.4 Å². The SMILES string of the molecule is CCCC(=O)N1CCC(C(=O)Nc2ccc(F)cc2F)CC1. The fourth-order valence-corrected chi connectivity index (χ4v) is 2.59. The molecule has 0 radical (unpaired) electrons. The molecule has 2 amide bonds. The van der Waals surface area contributed by atoms with Gasteiger partial charge in [-0.3, -0.25) is 9.59 Å². The standard InChI is InChI=1S/C16H20F2N2O2/c1-2-3-15(21)20-8-6-11(7-9-20)16(22)19-14-5-4-12(17)10-13(14)18/h4-5,10-11H,2-3,6-9H2,1H3,(H,19,22). The van der Waals surface area contributed by atoms with Gasteiger partial charge in [0.15, 0.2) is 0 Å². The van der Waals surface area contributed by atoms with Gasteiger partial charge in [-0.2, -0.15) is 0 Å². The molecule has 1 aromatic rings. The van der Waals surface area contributed by atoms with E-state index >= 15 is 0 Å². The predicted octanol–water partition coefficient (Wildman–Crippen LogP) is 2.94. The Morgan fingerprint density at radius 1 is 1.27 bits per heavy atom. The molecule has 120 valence electrons. The lowest BCUT2D eigenvalue weighted by molar-refractivity contribution is -0.134. The monoisotopic (exact) mass is 310 g/mol. The van der Waals surface area contributed by atoms with Crippen LogP contribution in [0.15, 0.2) is 18.2 Å². The van der Waals surface area contributed by atoms with Gasteiger partial charge in [0.25, 0.3) is 0 Å². The van der Waals surface area contributed by atoms with Crippen molar-refractivity contribution in [3.63, 3.8) is 0 Å². The van der Waals surface area contributed by atoms with Gasteiger partial charge in [0.1, 0.15) is 11.6 Å². The van der Waals surface area contributed by atoms with Gasteiger partial charge in [0.05, 0.1) is 5.69 Å². The highest BCUT2D eigenvalue weighted by Crippen LogP contribution is 2.21. The van der Waals surface area contributed by atoms with E-state index in [1.54, 1.807) is 4.90 Å². The van der Waals surface area contributed by atoms with Crippen LogP contribution in [0.4, 0.5) is 14.5 Å². The average molecular weight is 310 g/mol. The fraction of sp³-hybridized carbons (Fsp3) is 0.500. The number of likely N-dealkylation sites (tertiary alicyclic amines) is 1. The van der Waals surface area contributed by atoms with Crippen LogP contribution in [0.3, 0.4) is 0 Å². The number of carbonyl (C=O) groups is 2. The summed E-state index contributed by atoms with van der Waals surface area (Å²) in [7, 11) is 0. The first-order valence-electron chi connectivity index (χ1n) is 7.55. The van der Waals surface area contributed by atoms with E-state index in [4.69, 9.17) is 0 Å². The summed E-state index contributed by atoms with van der Waals surface area (Å²) in [6, 6.07) is 3.05. The van der Waals surface area contributed by atoms with Gasteiger partial charge in [0, 0.05) is 31.5 Å². The van der Waals surface area contributed by atoms with E-state index < -0.39 is 11.6 Å².